The van der Waals surface area contributed by atoms with Gasteiger partial charge in [-0.2, -0.15) is 0 Å². The van der Waals surface area contributed by atoms with Crippen molar-refractivity contribution in [1.82, 2.24) is 4.98 Å². The summed E-state index contributed by atoms with van der Waals surface area (Å²) in [4.78, 5) is 16.0. The van der Waals surface area contributed by atoms with Crippen molar-refractivity contribution in [2.24, 2.45) is 5.92 Å². The SMILES string of the molecule is C=C(C1=CC(C(C)(C)OCCBr)CCC=C1C)c1ccc(C(=O)OC)cn1.CC.CC. The first-order valence-corrected chi connectivity index (χ1v) is 12.2. The van der Waals surface area contributed by atoms with Crippen LogP contribution in [0.15, 0.2) is 48.2 Å². The number of esters is 1. The molecule has 174 valence electrons. The van der Waals surface area contributed by atoms with Gasteiger partial charge < -0.3 is 9.47 Å². The Bertz CT molecular complexity index is 748. The molecule has 0 aliphatic heterocycles. The molecular formula is C26H40BrNO3. The topological polar surface area (TPSA) is 48.4 Å². The van der Waals surface area contributed by atoms with E-state index in [2.05, 4.69) is 60.4 Å². The summed E-state index contributed by atoms with van der Waals surface area (Å²) in [5.41, 5.74) is 4.05. The first-order chi connectivity index (χ1) is 14.8. The number of rotatable bonds is 7. The number of pyridine rings is 1. The van der Waals surface area contributed by atoms with Gasteiger partial charge in [0.25, 0.3) is 0 Å². The van der Waals surface area contributed by atoms with Gasteiger partial charge >= 0.3 is 5.97 Å². The molecule has 1 atom stereocenters. The van der Waals surface area contributed by atoms with Crippen LogP contribution in [-0.4, -0.2) is 35.6 Å². The molecular weight excluding hydrogens is 454 g/mol. The van der Waals surface area contributed by atoms with Crippen molar-refractivity contribution in [2.45, 2.75) is 66.9 Å². The second-order valence-electron chi connectivity index (χ2n) is 7.19. The van der Waals surface area contributed by atoms with E-state index in [1.165, 1.54) is 18.9 Å². The highest BCUT2D eigenvalue weighted by Gasteiger charge is 2.30. The molecule has 31 heavy (non-hydrogen) atoms. The first-order valence-electron chi connectivity index (χ1n) is 11.1. The van der Waals surface area contributed by atoms with Crippen molar-refractivity contribution in [3.8, 4) is 0 Å². The van der Waals surface area contributed by atoms with Gasteiger partial charge in [0.1, 0.15) is 0 Å². The maximum atomic E-state index is 11.6. The highest BCUT2D eigenvalue weighted by Crippen LogP contribution is 2.36. The number of ether oxygens (including phenoxy) is 2. The summed E-state index contributed by atoms with van der Waals surface area (Å²) in [5.74, 6) is -0.124. The summed E-state index contributed by atoms with van der Waals surface area (Å²) < 4.78 is 10.8. The minimum atomic E-state index is -0.393. The van der Waals surface area contributed by atoms with Crippen molar-refractivity contribution in [1.29, 1.82) is 0 Å². The number of hydrogen-bond acceptors (Lipinski definition) is 4. The molecule has 0 saturated heterocycles. The third-order valence-electron chi connectivity index (χ3n) is 4.98. The van der Waals surface area contributed by atoms with Crippen LogP contribution in [0.25, 0.3) is 5.57 Å². The molecule has 1 unspecified atom stereocenters. The van der Waals surface area contributed by atoms with Gasteiger partial charge in [-0.3, -0.25) is 4.98 Å². The molecule has 0 saturated carbocycles. The summed E-state index contributed by atoms with van der Waals surface area (Å²) in [5, 5.41) is 0.820. The molecule has 0 fully saturated rings. The quantitative estimate of drug-likeness (QED) is 0.293. The predicted octanol–water partition coefficient (Wildman–Crippen LogP) is 7.41. The van der Waals surface area contributed by atoms with Crippen LogP contribution in [0.5, 0.6) is 0 Å². The maximum absolute atomic E-state index is 11.6. The lowest BCUT2D eigenvalue weighted by molar-refractivity contribution is -0.0406. The number of hydrogen-bond donors (Lipinski definition) is 0. The van der Waals surface area contributed by atoms with Crippen LogP contribution in [0.4, 0.5) is 0 Å². The number of aromatic nitrogens is 1. The summed E-state index contributed by atoms with van der Waals surface area (Å²) >= 11 is 3.43. The number of methoxy groups -OCH3 is 1. The van der Waals surface area contributed by atoms with Crippen LogP contribution in [0.1, 0.15) is 77.4 Å². The molecule has 1 heterocycles. The standard InChI is InChI=1S/C22H28BrNO3.2C2H6/c1-15-7-6-8-18(22(3,4)27-12-11-23)13-19(15)16(2)20-10-9-17(14-24-20)21(25)26-5;2*1-2/h7,9-10,13-14,18H,2,6,8,11-12H2,1,3-5H3;2*1-2H3. The van der Waals surface area contributed by atoms with E-state index in [0.717, 1.165) is 35.0 Å². The number of carbonyl (C=O) groups is 1. The van der Waals surface area contributed by atoms with E-state index in [-0.39, 0.29) is 11.5 Å². The van der Waals surface area contributed by atoms with Gasteiger partial charge in [0.15, 0.2) is 0 Å². The van der Waals surface area contributed by atoms with Gasteiger partial charge in [-0.1, -0.05) is 62.4 Å². The molecule has 0 bridgehead atoms. The Morgan fingerprint density at radius 2 is 1.90 bits per heavy atom. The van der Waals surface area contributed by atoms with Gasteiger partial charge in [-0.05, 0) is 56.9 Å². The third-order valence-corrected chi connectivity index (χ3v) is 5.31. The molecule has 0 aromatic carbocycles. The lowest BCUT2D eigenvalue weighted by Crippen LogP contribution is -2.34. The van der Waals surface area contributed by atoms with Crippen molar-refractivity contribution in [3.05, 3.63) is 59.5 Å². The Labute approximate surface area is 198 Å². The number of alkyl halides is 1. The smallest absolute Gasteiger partial charge is 0.339 e. The molecule has 4 nitrogen and oxygen atoms in total. The van der Waals surface area contributed by atoms with Gasteiger partial charge in [0.2, 0.25) is 0 Å². The van der Waals surface area contributed by atoms with E-state index >= 15 is 0 Å². The van der Waals surface area contributed by atoms with Crippen molar-refractivity contribution in [3.63, 3.8) is 0 Å². The van der Waals surface area contributed by atoms with E-state index in [4.69, 9.17) is 9.47 Å². The van der Waals surface area contributed by atoms with Crippen molar-refractivity contribution < 1.29 is 14.3 Å². The average molecular weight is 495 g/mol. The van der Waals surface area contributed by atoms with E-state index < -0.39 is 5.97 Å². The number of allylic oxidation sites excluding steroid dienone is 4. The van der Waals surface area contributed by atoms with Crippen molar-refractivity contribution in [2.75, 3.05) is 19.0 Å². The zero-order valence-electron chi connectivity index (χ0n) is 20.5. The zero-order chi connectivity index (χ0) is 24.0. The van der Waals surface area contributed by atoms with E-state index in [1.54, 1.807) is 6.07 Å². The van der Waals surface area contributed by atoms with Crippen LogP contribution in [-0.2, 0) is 9.47 Å². The predicted molar refractivity (Wildman–Crippen MR) is 136 cm³/mol. The highest BCUT2D eigenvalue weighted by atomic mass is 79.9. The summed E-state index contributed by atoms with van der Waals surface area (Å²) in [6.07, 6.45) is 8.08. The molecule has 5 heteroatoms. The van der Waals surface area contributed by atoms with Gasteiger partial charge in [0, 0.05) is 23.0 Å². The molecule has 1 aliphatic rings. The van der Waals surface area contributed by atoms with Crippen LogP contribution in [0.2, 0.25) is 0 Å². The molecule has 1 aliphatic carbocycles. The van der Waals surface area contributed by atoms with Crippen LogP contribution in [0.3, 0.4) is 0 Å². The van der Waals surface area contributed by atoms with E-state index in [0.29, 0.717) is 12.2 Å². The van der Waals surface area contributed by atoms with E-state index in [9.17, 15) is 4.79 Å². The van der Waals surface area contributed by atoms with Gasteiger partial charge in [-0.25, -0.2) is 4.79 Å². The Morgan fingerprint density at radius 3 is 2.42 bits per heavy atom. The molecule has 0 amide bonds. The summed E-state index contributed by atoms with van der Waals surface area (Å²) in [6.45, 7) is 19.3. The summed E-state index contributed by atoms with van der Waals surface area (Å²) in [6, 6.07) is 3.53. The second-order valence-corrected chi connectivity index (χ2v) is 7.99. The molecule has 2 rings (SSSR count). The Morgan fingerprint density at radius 1 is 1.26 bits per heavy atom. The second kappa shape index (κ2) is 15.1. The lowest BCUT2D eigenvalue weighted by atomic mass is 9.84. The minimum absolute atomic E-state index is 0.264. The average Bonchev–Trinajstić information content (AvgIpc) is 3.01. The minimum Gasteiger partial charge on any atom is -0.465 e. The molecule has 0 radical (unpaired) electrons. The number of halogens is 1. The summed E-state index contributed by atoms with van der Waals surface area (Å²) in [7, 11) is 1.36. The van der Waals surface area contributed by atoms with Crippen molar-refractivity contribution >= 4 is 27.5 Å². The Kier molecular flexibility index (Phi) is 14.3. The van der Waals surface area contributed by atoms with Crippen LogP contribution in [0, 0.1) is 5.92 Å². The third kappa shape index (κ3) is 8.74. The van der Waals surface area contributed by atoms with Gasteiger partial charge in [-0.15, -0.1) is 0 Å². The fraction of sp³-hybridized carbons (Fsp3) is 0.538. The largest absolute Gasteiger partial charge is 0.465 e. The number of carbonyl (C=O) groups excluding carboxylic acids is 1. The number of nitrogens with zero attached hydrogens (tertiary/aromatic N) is 1. The zero-order valence-corrected chi connectivity index (χ0v) is 22.1. The molecule has 0 N–H and O–H groups in total. The Balaban J connectivity index is 0.00000212. The van der Waals surface area contributed by atoms with Crippen LogP contribution < -0.4 is 0 Å². The maximum Gasteiger partial charge on any atom is 0.339 e. The van der Waals surface area contributed by atoms with E-state index in [1.807, 2.05) is 33.8 Å². The fourth-order valence-electron chi connectivity index (χ4n) is 3.25. The molecule has 1 aromatic rings. The molecule has 1 aromatic heterocycles. The normalized spacial score (nSPS) is 15.7. The Hall–Kier alpha value is -1.72. The first kappa shape index (κ1) is 29.3. The lowest BCUT2D eigenvalue weighted by Gasteiger charge is -2.32. The highest BCUT2D eigenvalue weighted by molar-refractivity contribution is 9.09. The molecule has 0 spiro atoms. The van der Waals surface area contributed by atoms with Gasteiger partial charge in [0.05, 0.1) is 30.6 Å². The fourth-order valence-corrected chi connectivity index (χ4v) is 3.41. The monoisotopic (exact) mass is 493 g/mol. The van der Waals surface area contributed by atoms with Crippen LogP contribution >= 0.6 is 15.9 Å².